The van der Waals surface area contributed by atoms with Crippen molar-refractivity contribution in [3.05, 3.63) is 24.3 Å². The average molecular weight is 165 g/mol. The summed E-state index contributed by atoms with van der Waals surface area (Å²) in [5.74, 6) is 0.316. The van der Waals surface area contributed by atoms with Crippen LogP contribution in [0.1, 0.15) is 19.8 Å². The summed E-state index contributed by atoms with van der Waals surface area (Å²) in [5.41, 5.74) is 1.07. The normalized spacial score (nSPS) is 9.75. The van der Waals surface area contributed by atoms with Gasteiger partial charge < -0.3 is 10.4 Å². The molecule has 2 N–H and O–H groups in total. The van der Waals surface area contributed by atoms with E-state index in [1.165, 1.54) is 12.8 Å². The van der Waals surface area contributed by atoms with E-state index in [1.807, 2.05) is 12.1 Å². The van der Waals surface area contributed by atoms with Crippen molar-refractivity contribution in [2.24, 2.45) is 0 Å². The topological polar surface area (TPSA) is 32.3 Å². The highest BCUT2D eigenvalue weighted by Crippen LogP contribution is 2.13. The molecule has 0 aromatic heterocycles. The van der Waals surface area contributed by atoms with Crippen LogP contribution < -0.4 is 5.32 Å². The van der Waals surface area contributed by atoms with Crippen LogP contribution in [-0.2, 0) is 0 Å². The molecule has 0 fully saturated rings. The van der Waals surface area contributed by atoms with Gasteiger partial charge in [0, 0.05) is 12.2 Å². The number of unbranched alkanes of at least 4 members (excludes halogenated alkanes) is 1. The lowest BCUT2D eigenvalue weighted by atomic mass is 10.3. The van der Waals surface area contributed by atoms with E-state index in [4.69, 9.17) is 5.11 Å². The fourth-order valence-electron chi connectivity index (χ4n) is 0.989. The lowest BCUT2D eigenvalue weighted by molar-refractivity contribution is 0.475. The number of phenolic OH excluding ortho intramolecular Hbond substituents is 1. The molecule has 1 aromatic carbocycles. The van der Waals surface area contributed by atoms with Gasteiger partial charge in [0.05, 0.1) is 0 Å². The highest BCUT2D eigenvalue weighted by molar-refractivity contribution is 5.45. The van der Waals surface area contributed by atoms with Gasteiger partial charge in [-0.3, -0.25) is 0 Å². The highest BCUT2D eigenvalue weighted by atomic mass is 16.3. The molecule has 0 unspecified atom stereocenters. The van der Waals surface area contributed by atoms with E-state index >= 15 is 0 Å². The van der Waals surface area contributed by atoms with Crippen LogP contribution in [-0.4, -0.2) is 11.7 Å². The van der Waals surface area contributed by atoms with Crippen molar-refractivity contribution < 1.29 is 5.11 Å². The van der Waals surface area contributed by atoms with Gasteiger partial charge >= 0.3 is 0 Å². The second-order valence-electron chi connectivity index (χ2n) is 2.83. The molecule has 0 aliphatic carbocycles. The van der Waals surface area contributed by atoms with Crippen LogP contribution in [0, 0.1) is 0 Å². The smallest absolute Gasteiger partial charge is 0.115 e. The third-order valence-electron chi connectivity index (χ3n) is 1.73. The van der Waals surface area contributed by atoms with Crippen LogP contribution in [0.2, 0.25) is 0 Å². The summed E-state index contributed by atoms with van der Waals surface area (Å²) in [4.78, 5) is 0. The zero-order chi connectivity index (χ0) is 8.81. The van der Waals surface area contributed by atoms with E-state index < -0.39 is 0 Å². The van der Waals surface area contributed by atoms with Gasteiger partial charge in [-0.05, 0) is 30.7 Å². The minimum absolute atomic E-state index is 0.316. The van der Waals surface area contributed by atoms with Gasteiger partial charge in [-0.25, -0.2) is 0 Å². The quantitative estimate of drug-likeness (QED) is 0.531. The van der Waals surface area contributed by atoms with Crippen LogP contribution in [0.15, 0.2) is 24.3 Å². The van der Waals surface area contributed by atoms with Crippen molar-refractivity contribution in [1.82, 2.24) is 0 Å². The Kier molecular flexibility index (Phi) is 3.45. The van der Waals surface area contributed by atoms with Gasteiger partial charge in [-0.15, -0.1) is 0 Å². The Bertz CT molecular complexity index is 218. The van der Waals surface area contributed by atoms with Crippen molar-refractivity contribution in [3.63, 3.8) is 0 Å². The van der Waals surface area contributed by atoms with Crippen LogP contribution in [0.3, 0.4) is 0 Å². The third kappa shape index (κ3) is 2.82. The number of hydrogen-bond acceptors (Lipinski definition) is 2. The van der Waals surface area contributed by atoms with Crippen molar-refractivity contribution in [3.8, 4) is 5.75 Å². The summed E-state index contributed by atoms with van der Waals surface area (Å²) in [6, 6.07) is 7.14. The van der Waals surface area contributed by atoms with Crippen LogP contribution in [0.5, 0.6) is 5.75 Å². The second-order valence-corrected chi connectivity index (χ2v) is 2.83. The number of nitrogens with one attached hydrogen (secondary N) is 1. The molecule has 0 saturated carbocycles. The molecule has 0 spiro atoms. The molecule has 66 valence electrons. The monoisotopic (exact) mass is 165 g/mol. The maximum Gasteiger partial charge on any atom is 0.115 e. The number of aromatic hydroxyl groups is 1. The van der Waals surface area contributed by atoms with E-state index in [9.17, 15) is 0 Å². The molecule has 0 radical (unpaired) electrons. The molecule has 0 saturated heterocycles. The Balaban J connectivity index is 2.37. The first-order valence-corrected chi connectivity index (χ1v) is 4.36. The van der Waals surface area contributed by atoms with Gasteiger partial charge in [-0.2, -0.15) is 0 Å². The number of rotatable bonds is 4. The highest BCUT2D eigenvalue weighted by Gasteiger charge is 1.90. The van der Waals surface area contributed by atoms with Crippen LogP contribution in [0.4, 0.5) is 5.69 Å². The molecule has 12 heavy (non-hydrogen) atoms. The maximum absolute atomic E-state index is 9.00. The first kappa shape index (κ1) is 8.91. The van der Waals surface area contributed by atoms with Crippen LogP contribution in [0.25, 0.3) is 0 Å². The van der Waals surface area contributed by atoms with Crippen molar-refractivity contribution in [2.75, 3.05) is 11.9 Å². The molecule has 0 heterocycles. The zero-order valence-electron chi connectivity index (χ0n) is 7.38. The summed E-state index contributed by atoms with van der Waals surface area (Å²) in [7, 11) is 0. The molecule has 0 atom stereocenters. The fourth-order valence-corrected chi connectivity index (χ4v) is 0.989. The average Bonchev–Trinajstić information content (AvgIpc) is 2.09. The van der Waals surface area contributed by atoms with Gasteiger partial charge in [0.1, 0.15) is 5.75 Å². The van der Waals surface area contributed by atoms with Gasteiger partial charge in [-0.1, -0.05) is 13.3 Å². The summed E-state index contributed by atoms with van der Waals surface area (Å²) in [5, 5.41) is 12.3. The minimum atomic E-state index is 0.316. The van der Waals surface area contributed by atoms with Gasteiger partial charge in [0.2, 0.25) is 0 Å². The molecular formula is C10H15NO. The van der Waals surface area contributed by atoms with E-state index in [-0.39, 0.29) is 0 Å². The number of hydrogen-bond donors (Lipinski definition) is 2. The van der Waals surface area contributed by atoms with Gasteiger partial charge in [0.25, 0.3) is 0 Å². The number of phenols is 1. The van der Waals surface area contributed by atoms with Crippen molar-refractivity contribution in [2.45, 2.75) is 19.8 Å². The maximum atomic E-state index is 9.00. The predicted octanol–water partition coefficient (Wildman–Crippen LogP) is 2.60. The Labute approximate surface area is 73.2 Å². The SMILES string of the molecule is CCCCNc1ccc(O)cc1. The van der Waals surface area contributed by atoms with E-state index in [2.05, 4.69) is 12.2 Å². The molecule has 0 bridgehead atoms. The van der Waals surface area contributed by atoms with Gasteiger partial charge in [0.15, 0.2) is 0 Å². The fraction of sp³-hybridized carbons (Fsp3) is 0.400. The minimum Gasteiger partial charge on any atom is -0.508 e. The molecule has 2 nitrogen and oxygen atoms in total. The largest absolute Gasteiger partial charge is 0.508 e. The lowest BCUT2D eigenvalue weighted by Gasteiger charge is -2.04. The van der Waals surface area contributed by atoms with E-state index in [0.29, 0.717) is 5.75 Å². The Morgan fingerprint density at radius 1 is 1.25 bits per heavy atom. The summed E-state index contributed by atoms with van der Waals surface area (Å²) in [6.07, 6.45) is 2.38. The third-order valence-corrected chi connectivity index (χ3v) is 1.73. The summed E-state index contributed by atoms with van der Waals surface area (Å²) in [6.45, 7) is 3.17. The second kappa shape index (κ2) is 4.65. The molecule has 2 heteroatoms. The van der Waals surface area contributed by atoms with E-state index in [1.54, 1.807) is 12.1 Å². The van der Waals surface area contributed by atoms with Crippen LogP contribution >= 0.6 is 0 Å². The molecule has 1 aromatic rings. The van der Waals surface area contributed by atoms with E-state index in [0.717, 1.165) is 12.2 Å². The first-order chi connectivity index (χ1) is 5.83. The molecule has 1 rings (SSSR count). The molecule has 0 aliphatic heterocycles. The lowest BCUT2D eigenvalue weighted by Crippen LogP contribution is -1.99. The Morgan fingerprint density at radius 3 is 2.50 bits per heavy atom. The Morgan fingerprint density at radius 2 is 1.92 bits per heavy atom. The standard InChI is InChI=1S/C10H15NO/c1-2-3-8-11-9-4-6-10(12)7-5-9/h4-7,11-12H,2-3,8H2,1H3. The zero-order valence-corrected chi connectivity index (χ0v) is 7.38. The summed E-state index contributed by atoms with van der Waals surface area (Å²) < 4.78 is 0. The van der Waals surface area contributed by atoms with Crippen molar-refractivity contribution >= 4 is 5.69 Å². The summed E-state index contributed by atoms with van der Waals surface area (Å²) >= 11 is 0. The molecule has 0 amide bonds. The predicted molar refractivity (Wildman–Crippen MR) is 51.5 cm³/mol. The first-order valence-electron chi connectivity index (χ1n) is 4.36. The Hall–Kier alpha value is -1.18. The molecular weight excluding hydrogens is 150 g/mol. The number of anilines is 1. The molecule has 0 aliphatic rings. The van der Waals surface area contributed by atoms with Crippen molar-refractivity contribution in [1.29, 1.82) is 0 Å². The number of benzene rings is 1.